The topological polar surface area (TPSA) is 59.5 Å². The monoisotopic (exact) mass is 224 g/mol. The van der Waals surface area contributed by atoms with Gasteiger partial charge in [0.25, 0.3) is 0 Å². The molecule has 1 amide bonds. The van der Waals surface area contributed by atoms with E-state index in [1.807, 2.05) is 19.9 Å². The van der Waals surface area contributed by atoms with Crippen molar-refractivity contribution in [3.8, 4) is 0 Å². The van der Waals surface area contributed by atoms with Crippen molar-refractivity contribution in [1.82, 2.24) is 4.90 Å². The zero-order valence-corrected chi connectivity index (χ0v) is 10.2. The fraction of sp³-hybridized carbons (Fsp3) is 0.583. The number of nitrogens with two attached hydrogens (primary N) is 1. The highest BCUT2D eigenvalue weighted by molar-refractivity contribution is 5.85. The molecule has 0 spiro atoms. The van der Waals surface area contributed by atoms with Gasteiger partial charge in [0.15, 0.2) is 0 Å². The van der Waals surface area contributed by atoms with Gasteiger partial charge in [-0.2, -0.15) is 0 Å². The number of hydrogen-bond donors (Lipinski definition) is 1. The zero-order chi connectivity index (χ0) is 12.2. The first-order valence-corrected chi connectivity index (χ1v) is 5.59. The molecule has 1 aromatic rings. The summed E-state index contributed by atoms with van der Waals surface area (Å²) < 4.78 is 4.96. The predicted octanol–water partition coefficient (Wildman–Crippen LogP) is 1.76. The number of nitrogens with zero attached hydrogens (tertiary/aromatic N) is 1. The largest absolute Gasteiger partial charge is 0.472 e. The SMILES string of the molecule is CCC(N)(CC)C(=O)N(C)Cc1ccoc1. The Bertz CT molecular complexity index is 329. The fourth-order valence-corrected chi connectivity index (χ4v) is 1.66. The van der Waals surface area contributed by atoms with Crippen LogP contribution in [-0.4, -0.2) is 23.4 Å². The summed E-state index contributed by atoms with van der Waals surface area (Å²) in [4.78, 5) is 13.8. The van der Waals surface area contributed by atoms with Crippen molar-refractivity contribution in [2.75, 3.05) is 7.05 Å². The normalized spacial score (nSPS) is 11.5. The Morgan fingerprint density at radius 3 is 2.56 bits per heavy atom. The van der Waals surface area contributed by atoms with E-state index in [2.05, 4.69) is 0 Å². The minimum atomic E-state index is -0.738. The third kappa shape index (κ3) is 2.64. The highest BCUT2D eigenvalue weighted by atomic mass is 16.3. The van der Waals surface area contributed by atoms with Crippen LogP contribution in [0.15, 0.2) is 23.0 Å². The van der Waals surface area contributed by atoms with E-state index in [1.165, 1.54) is 0 Å². The Kier molecular flexibility index (Phi) is 4.12. The highest BCUT2D eigenvalue weighted by Crippen LogP contribution is 2.16. The Morgan fingerprint density at radius 1 is 1.50 bits per heavy atom. The van der Waals surface area contributed by atoms with Gasteiger partial charge < -0.3 is 15.1 Å². The second kappa shape index (κ2) is 5.16. The van der Waals surface area contributed by atoms with Crippen LogP contribution in [0.2, 0.25) is 0 Å². The number of hydrogen-bond acceptors (Lipinski definition) is 3. The lowest BCUT2D eigenvalue weighted by atomic mass is 9.92. The summed E-state index contributed by atoms with van der Waals surface area (Å²) in [6.07, 6.45) is 4.54. The molecule has 2 N–H and O–H groups in total. The molecule has 0 atom stereocenters. The maximum atomic E-state index is 12.1. The molecule has 4 heteroatoms. The summed E-state index contributed by atoms with van der Waals surface area (Å²) >= 11 is 0. The second-order valence-corrected chi connectivity index (χ2v) is 4.16. The van der Waals surface area contributed by atoms with E-state index in [9.17, 15) is 4.79 Å². The number of furan rings is 1. The summed E-state index contributed by atoms with van der Waals surface area (Å²) in [5, 5.41) is 0. The van der Waals surface area contributed by atoms with Gasteiger partial charge in [-0.15, -0.1) is 0 Å². The summed E-state index contributed by atoms with van der Waals surface area (Å²) in [6.45, 7) is 4.41. The van der Waals surface area contributed by atoms with Crippen LogP contribution in [0.25, 0.3) is 0 Å². The van der Waals surface area contributed by atoms with Crippen LogP contribution >= 0.6 is 0 Å². The lowest BCUT2D eigenvalue weighted by molar-refractivity contribution is -0.136. The van der Waals surface area contributed by atoms with Crippen LogP contribution in [-0.2, 0) is 11.3 Å². The maximum Gasteiger partial charge on any atom is 0.242 e. The molecule has 0 aliphatic rings. The van der Waals surface area contributed by atoms with E-state index < -0.39 is 5.54 Å². The third-order valence-corrected chi connectivity index (χ3v) is 3.03. The van der Waals surface area contributed by atoms with Gasteiger partial charge in [-0.1, -0.05) is 13.8 Å². The number of rotatable bonds is 5. The van der Waals surface area contributed by atoms with Crippen molar-refractivity contribution in [3.63, 3.8) is 0 Å². The van der Waals surface area contributed by atoms with Gasteiger partial charge in [-0.05, 0) is 18.9 Å². The Hall–Kier alpha value is -1.29. The molecule has 16 heavy (non-hydrogen) atoms. The Morgan fingerprint density at radius 2 is 2.12 bits per heavy atom. The second-order valence-electron chi connectivity index (χ2n) is 4.16. The highest BCUT2D eigenvalue weighted by Gasteiger charge is 2.32. The van der Waals surface area contributed by atoms with Crippen molar-refractivity contribution >= 4 is 5.91 Å². The van der Waals surface area contributed by atoms with E-state index in [-0.39, 0.29) is 5.91 Å². The molecule has 1 heterocycles. The molecule has 0 aliphatic heterocycles. The van der Waals surface area contributed by atoms with Crippen molar-refractivity contribution in [2.24, 2.45) is 5.73 Å². The van der Waals surface area contributed by atoms with Gasteiger partial charge in [0.1, 0.15) is 0 Å². The van der Waals surface area contributed by atoms with Crippen LogP contribution < -0.4 is 5.73 Å². The average molecular weight is 224 g/mol. The first kappa shape index (κ1) is 12.8. The van der Waals surface area contributed by atoms with Crippen LogP contribution in [0.4, 0.5) is 0 Å². The molecule has 0 saturated carbocycles. The standard InChI is InChI=1S/C12H20N2O2/c1-4-12(13,5-2)11(15)14(3)8-10-6-7-16-9-10/h6-7,9H,4-5,8,13H2,1-3H3. The van der Waals surface area contributed by atoms with Crippen LogP contribution in [0.1, 0.15) is 32.3 Å². The van der Waals surface area contributed by atoms with Gasteiger partial charge >= 0.3 is 0 Å². The van der Waals surface area contributed by atoms with Gasteiger partial charge in [0.2, 0.25) is 5.91 Å². The van der Waals surface area contributed by atoms with E-state index >= 15 is 0 Å². The van der Waals surface area contributed by atoms with Crippen molar-refractivity contribution < 1.29 is 9.21 Å². The lowest BCUT2D eigenvalue weighted by Gasteiger charge is -2.30. The zero-order valence-electron chi connectivity index (χ0n) is 10.2. The average Bonchev–Trinajstić information content (AvgIpc) is 2.79. The molecule has 4 nitrogen and oxygen atoms in total. The lowest BCUT2D eigenvalue weighted by Crippen LogP contribution is -2.53. The summed E-state index contributed by atoms with van der Waals surface area (Å²) in [5.41, 5.74) is 6.29. The molecule has 0 radical (unpaired) electrons. The van der Waals surface area contributed by atoms with E-state index in [1.54, 1.807) is 24.5 Å². The molecule has 0 fully saturated rings. The van der Waals surface area contributed by atoms with Crippen molar-refractivity contribution in [2.45, 2.75) is 38.8 Å². The van der Waals surface area contributed by atoms with Gasteiger partial charge in [0.05, 0.1) is 18.1 Å². The molecular formula is C12H20N2O2. The van der Waals surface area contributed by atoms with Crippen LogP contribution in [0.3, 0.4) is 0 Å². The molecule has 90 valence electrons. The first-order chi connectivity index (χ1) is 7.53. The molecule has 0 saturated heterocycles. The molecule has 0 aromatic carbocycles. The maximum absolute atomic E-state index is 12.1. The minimum Gasteiger partial charge on any atom is -0.472 e. The van der Waals surface area contributed by atoms with E-state index in [4.69, 9.17) is 10.2 Å². The smallest absolute Gasteiger partial charge is 0.242 e. The van der Waals surface area contributed by atoms with Crippen LogP contribution in [0, 0.1) is 0 Å². The number of carbonyl (C=O) groups is 1. The molecule has 1 rings (SSSR count). The minimum absolute atomic E-state index is 0.0151. The van der Waals surface area contributed by atoms with Gasteiger partial charge in [-0.3, -0.25) is 4.79 Å². The number of carbonyl (C=O) groups excluding carboxylic acids is 1. The Balaban J connectivity index is 2.67. The first-order valence-electron chi connectivity index (χ1n) is 5.59. The van der Waals surface area contributed by atoms with Crippen LogP contribution in [0.5, 0.6) is 0 Å². The molecule has 0 aliphatic carbocycles. The van der Waals surface area contributed by atoms with Gasteiger partial charge in [-0.25, -0.2) is 0 Å². The number of amides is 1. The third-order valence-electron chi connectivity index (χ3n) is 3.03. The van der Waals surface area contributed by atoms with Crippen molar-refractivity contribution in [3.05, 3.63) is 24.2 Å². The summed E-state index contributed by atoms with van der Waals surface area (Å²) in [5.74, 6) is -0.0151. The number of likely N-dealkylation sites (N-methyl/N-ethyl adjacent to an activating group) is 1. The van der Waals surface area contributed by atoms with E-state index in [0.29, 0.717) is 19.4 Å². The molecular weight excluding hydrogens is 204 g/mol. The quantitative estimate of drug-likeness (QED) is 0.829. The molecule has 1 aromatic heterocycles. The summed E-state index contributed by atoms with van der Waals surface area (Å²) in [6, 6.07) is 1.85. The molecule has 0 unspecified atom stereocenters. The predicted molar refractivity (Wildman–Crippen MR) is 62.7 cm³/mol. The summed E-state index contributed by atoms with van der Waals surface area (Å²) in [7, 11) is 1.77. The van der Waals surface area contributed by atoms with Crippen molar-refractivity contribution in [1.29, 1.82) is 0 Å². The Labute approximate surface area is 96.4 Å². The van der Waals surface area contributed by atoms with E-state index in [0.717, 1.165) is 5.56 Å². The molecule has 0 bridgehead atoms. The van der Waals surface area contributed by atoms with Gasteiger partial charge in [0, 0.05) is 19.2 Å². The fourth-order valence-electron chi connectivity index (χ4n) is 1.66.